The van der Waals surface area contributed by atoms with Crippen molar-refractivity contribution in [3.8, 4) is 0 Å². The Balaban J connectivity index is 2.26. The molecule has 106 valence electrons. The lowest BCUT2D eigenvalue weighted by Gasteiger charge is -2.19. The van der Waals surface area contributed by atoms with E-state index in [9.17, 15) is 4.39 Å². The molecule has 0 aliphatic heterocycles. The summed E-state index contributed by atoms with van der Waals surface area (Å²) < 4.78 is 14.4. The third kappa shape index (κ3) is 3.72. The quantitative estimate of drug-likeness (QED) is 0.835. The van der Waals surface area contributed by atoms with Gasteiger partial charge in [0.25, 0.3) is 0 Å². The number of nitrogens with two attached hydrogens (primary N) is 1. The maximum atomic E-state index is 13.3. The molecule has 0 saturated carbocycles. The Labute approximate surface area is 131 Å². The van der Waals surface area contributed by atoms with Crippen molar-refractivity contribution in [1.82, 2.24) is 0 Å². The van der Waals surface area contributed by atoms with Gasteiger partial charge in [-0.25, -0.2) is 4.39 Å². The Kier molecular flexibility index (Phi) is 5.02. The summed E-state index contributed by atoms with van der Waals surface area (Å²) in [5, 5.41) is 3.57. The number of hydrogen-bond acceptors (Lipinski definition) is 2. The zero-order valence-electron chi connectivity index (χ0n) is 11.0. The number of nitrogens with one attached hydrogen (secondary N) is 1. The van der Waals surface area contributed by atoms with Gasteiger partial charge in [-0.15, -0.1) is 0 Å². The van der Waals surface area contributed by atoms with Crippen molar-refractivity contribution in [2.45, 2.75) is 13.0 Å². The number of benzene rings is 2. The molecule has 2 rings (SSSR count). The molecule has 2 aromatic carbocycles. The van der Waals surface area contributed by atoms with E-state index in [1.807, 2.05) is 19.1 Å². The van der Waals surface area contributed by atoms with Crippen LogP contribution in [-0.4, -0.2) is 6.54 Å². The molecule has 0 aliphatic carbocycles. The lowest BCUT2D eigenvalue weighted by Crippen LogP contribution is -2.20. The van der Waals surface area contributed by atoms with Gasteiger partial charge in [0.05, 0.1) is 6.04 Å². The summed E-state index contributed by atoms with van der Waals surface area (Å²) in [6.07, 6.45) is 0. The van der Waals surface area contributed by atoms with Gasteiger partial charge >= 0.3 is 0 Å². The Hall–Kier alpha value is -1.10. The van der Waals surface area contributed by atoms with Crippen LogP contribution < -0.4 is 11.1 Å². The van der Waals surface area contributed by atoms with Crippen molar-refractivity contribution < 1.29 is 4.39 Å². The molecule has 0 heterocycles. The van der Waals surface area contributed by atoms with E-state index in [1.54, 1.807) is 6.07 Å². The fraction of sp³-hybridized carbons (Fsp3) is 0.200. The monoisotopic (exact) mass is 356 g/mol. The summed E-state index contributed by atoms with van der Waals surface area (Å²) in [6.45, 7) is 2.41. The highest BCUT2D eigenvalue weighted by Crippen LogP contribution is 2.25. The standard InChI is InChI=1S/C15H15BrClFN2/c1-9-4-10(2-3-14(9)16)15(8-19)20-13-6-11(17)5-12(18)7-13/h2-7,15,20H,8,19H2,1H3. The van der Waals surface area contributed by atoms with Crippen molar-refractivity contribution in [2.75, 3.05) is 11.9 Å². The Bertz CT molecular complexity index is 599. The van der Waals surface area contributed by atoms with E-state index in [4.69, 9.17) is 17.3 Å². The normalized spacial score (nSPS) is 12.2. The Morgan fingerprint density at radius 2 is 2.05 bits per heavy atom. The van der Waals surface area contributed by atoms with Crippen LogP contribution in [0.5, 0.6) is 0 Å². The lowest BCUT2D eigenvalue weighted by atomic mass is 10.0. The van der Waals surface area contributed by atoms with Crippen molar-refractivity contribution in [1.29, 1.82) is 0 Å². The van der Waals surface area contributed by atoms with Gasteiger partial charge in [0.15, 0.2) is 0 Å². The van der Waals surface area contributed by atoms with Crippen LogP contribution in [0.25, 0.3) is 0 Å². The largest absolute Gasteiger partial charge is 0.377 e. The number of anilines is 1. The third-order valence-electron chi connectivity index (χ3n) is 3.02. The van der Waals surface area contributed by atoms with Crippen LogP contribution in [-0.2, 0) is 0 Å². The van der Waals surface area contributed by atoms with E-state index in [0.717, 1.165) is 15.6 Å². The average molecular weight is 358 g/mol. The molecular formula is C15H15BrClFN2. The molecule has 0 fully saturated rings. The van der Waals surface area contributed by atoms with Gasteiger partial charge in [0, 0.05) is 21.7 Å². The lowest BCUT2D eigenvalue weighted by molar-refractivity contribution is 0.627. The van der Waals surface area contributed by atoms with Crippen LogP contribution in [0.3, 0.4) is 0 Å². The third-order valence-corrected chi connectivity index (χ3v) is 4.13. The van der Waals surface area contributed by atoms with Crippen molar-refractivity contribution in [3.05, 3.63) is 62.8 Å². The molecule has 0 radical (unpaired) electrons. The number of halogens is 3. The first-order valence-corrected chi connectivity index (χ1v) is 7.35. The van der Waals surface area contributed by atoms with Gasteiger partial charge < -0.3 is 11.1 Å². The molecule has 0 amide bonds. The van der Waals surface area contributed by atoms with Crippen molar-refractivity contribution in [3.63, 3.8) is 0 Å². The van der Waals surface area contributed by atoms with Crippen LogP contribution in [0.15, 0.2) is 40.9 Å². The van der Waals surface area contributed by atoms with Gasteiger partial charge in [-0.2, -0.15) is 0 Å². The van der Waals surface area contributed by atoms with Crippen LogP contribution in [0.2, 0.25) is 5.02 Å². The van der Waals surface area contributed by atoms with E-state index in [1.165, 1.54) is 12.1 Å². The molecule has 5 heteroatoms. The van der Waals surface area contributed by atoms with E-state index >= 15 is 0 Å². The molecule has 3 N–H and O–H groups in total. The molecule has 1 unspecified atom stereocenters. The molecule has 0 saturated heterocycles. The molecule has 0 bridgehead atoms. The average Bonchev–Trinajstić information content (AvgIpc) is 2.38. The SMILES string of the molecule is Cc1cc(C(CN)Nc2cc(F)cc(Cl)c2)ccc1Br. The zero-order valence-corrected chi connectivity index (χ0v) is 13.3. The second-order valence-electron chi connectivity index (χ2n) is 4.60. The van der Waals surface area contributed by atoms with Crippen LogP contribution in [0.4, 0.5) is 10.1 Å². The van der Waals surface area contributed by atoms with Crippen molar-refractivity contribution in [2.24, 2.45) is 5.73 Å². The molecule has 0 aliphatic rings. The topological polar surface area (TPSA) is 38.0 Å². The van der Waals surface area contributed by atoms with E-state index in [2.05, 4.69) is 27.3 Å². The van der Waals surface area contributed by atoms with Gasteiger partial charge in [-0.05, 0) is 42.3 Å². The maximum absolute atomic E-state index is 13.3. The van der Waals surface area contributed by atoms with Gasteiger partial charge in [0.1, 0.15) is 5.82 Å². The number of rotatable bonds is 4. The Morgan fingerprint density at radius 1 is 1.30 bits per heavy atom. The summed E-state index contributed by atoms with van der Waals surface area (Å²) in [5.41, 5.74) is 8.61. The van der Waals surface area contributed by atoms with Crippen LogP contribution in [0, 0.1) is 12.7 Å². The molecule has 2 aromatic rings. The smallest absolute Gasteiger partial charge is 0.126 e. The predicted octanol–water partition coefficient (Wildman–Crippen LogP) is 4.66. The fourth-order valence-corrected chi connectivity index (χ4v) is 2.47. The first-order chi connectivity index (χ1) is 9.49. The van der Waals surface area contributed by atoms with Gasteiger partial charge in [-0.3, -0.25) is 0 Å². The second-order valence-corrected chi connectivity index (χ2v) is 5.89. The number of hydrogen-bond donors (Lipinski definition) is 2. The minimum Gasteiger partial charge on any atom is -0.377 e. The van der Waals surface area contributed by atoms with Crippen molar-refractivity contribution >= 4 is 33.2 Å². The van der Waals surface area contributed by atoms with Crippen LogP contribution >= 0.6 is 27.5 Å². The molecule has 0 aromatic heterocycles. The summed E-state index contributed by atoms with van der Waals surface area (Å²) in [5.74, 6) is -0.372. The highest BCUT2D eigenvalue weighted by atomic mass is 79.9. The predicted molar refractivity (Wildman–Crippen MR) is 85.7 cm³/mol. The first-order valence-electron chi connectivity index (χ1n) is 6.18. The highest BCUT2D eigenvalue weighted by Gasteiger charge is 2.11. The summed E-state index contributed by atoms with van der Waals surface area (Å²) >= 11 is 9.32. The molecule has 1 atom stereocenters. The molecule has 0 spiro atoms. The van der Waals surface area contributed by atoms with E-state index in [0.29, 0.717) is 17.3 Å². The molecular weight excluding hydrogens is 343 g/mol. The molecule has 20 heavy (non-hydrogen) atoms. The summed E-state index contributed by atoms with van der Waals surface area (Å²) in [4.78, 5) is 0. The van der Waals surface area contributed by atoms with Crippen LogP contribution in [0.1, 0.15) is 17.2 Å². The Morgan fingerprint density at radius 3 is 2.65 bits per heavy atom. The summed E-state index contributed by atoms with van der Waals surface area (Å²) in [7, 11) is 0. The second kappa shape index (κ2) is 6.57. The highest BCUT2D eigenvalue weighted by molar-refractivity contribution is 9.10. The molecule has 2 nitrogen and oxygen atoms in total. The fourth-order valence-electron chi connectivity index (χ4n) is 2.00. The van der Waals surface area contributed by atoms with E-state index < -0.39 is 0 Å². The first kappa shape index (κ1) is 15.3. The zero-order chi connectivity index (χ0) is 14.7. The minimum absolute atomic E-state index is 0.0975. The minimum atomic E-state index is -0.372. The van der Waals surface area contributed by atoms with E-state index in [-0.39, 0.29) is 11.9 Å². The maximum Gasteiger partial charge on any atom is 0.126 e. The summed E-state index contributed by atoms with van der Waals surface area (Å²) in [6, 6.07) is 10.3. The van der Waals surface area contributed by atoms with Gasteiger partial charge in [0.2, 0.25) is 0 Å². The number of aryl methyl sites for hydroxylation is 1. The van der Waals surface area contributed by atoms with Gasteiger partial charge in [-0.1, -0.05) is 39.7 Å².